The van der Waals surface area contributed by atoms with Crippen molar-refractivity contribution in [2.45, 2.75) is 64.2 Å². The minimum atomic E-state index is -0.847. The standard InChI is InChI=1S/C30H40O10/c1-6-7-8-9-10-11-12-13-14-15-28(37-39-29(31)24-20-22(33-2)16-18-26(24)35-4)38-40-30(32)25-21-23(34-3)17-19-27(25)36-5/h16-21H,1,6-15H2,2-5H3. The summed E-state index contributed by atoms with van der Waals surface area (Å²) in [6, 6.07) is 9.33. The Morgan fingerprint density at radius 2 is 1.00 bits per heavy atom. The van der Waals surface area contributed by atoms with Gasteiger partial charge in [-0.2, -0.15) is 0 Å². The van der Waals surface area contributed by atoms with Crippen molar-refractivity contribution in [3.63, 3.8) is 0 Å². The number of unbranched alkanes of at least 4 members (excludes halogenated alkanes) is 8. The summed E-state index contributed by atoms with van der Waals surface area (Å²) in [6.07, 6.45) is 9.44. The molecule has 0 saturated carbocycles. The summed E-state index contributed by atoms with van der Waals surface area (Å²) in [5.41, 5.74) is 0.163. The summed E-state index contributed by atoms with van der Waals surface area (Å²) in [5.74, 6) is -0.298. The zero-order valence-corrected chi connectivity index (χ0v) is 23.8. The van der Waals surface area contributed by atoms with Crippen LogP contribution in [0.4, 0.5) is 0 Å². The predicted molar refractivity (Wildman–Crippen MR) is 147 cm³/mol. The normalized spacial score (nSPS) is 10.8. The first-order chi connectivity index (χ1) is 19.5. The van der Waals surface area contributed by atoms with E-state index in [-0.39, 0.29) is 35.3 Å². The molecule has 0 heterocycles. The first-order valence-corrected chi connectivity index (χ1v) is 13.3. The van der Waals surface area contributed by atoms with E-state index in [2.05, 4.69) is 6.92 Å². The molecule has 40 heavy (non-hydrogen) atoms. The fraction of sp³-hybridized carbons (Fsp3) is 0.467. The van der Waals surface area contributed by atoms with Gasteiger partial charge in [-0.25, -0.2) is 9.59 Å². The summed E-state index contributed by atoms with van der Waals surface area (Å²) in [7, 11) is 5.80. The first-order valence-electron chi connectivity index (χ1n) is 13.3. The molecule has 0 N–H and O–H groups in total. The van der Waals surface area contributed by atoms with Gasteiger partial charge in [0.1, 0.15) is 34.1 Å². The molecule has 0 bridgehead atoms. The van der Waals surface area contributed by atoms with Crippen molar-refractivity contribution in [2.24, 2.45) is 0 Å². The maximum atomic E-state index is 12.7. The van der Waals surface area contributed by atoms with Crippen molar-refractivity contribution in [2.75, 3.05) is 28.4 Å². The molecule has 0 spiro atoms. The van der Waals surface area contributed by atoms with Crippen LogP contribution in [-0.2, 0) is 19.6 Å². The van der Waals surface area contributed by atoms with Crippen LogP contribution in [0.25, 0.3) is 0 Å². The highest BCUT2D eigenvalue weighted by Gasteiger charge is 2.24. The molecule has 2 radical (unpaired) electrons. The molecule has 2 aromatic rings. The molecule has 2 aromatic carbocycles. The summed E-state index contributed by atoms with van der Waals surface area (Å²) >= 11 is 0. The number of benzene rings is 2. The highest BCUT2D eigenvalue weighted by Crippen LogP contribution is 2.28. The molecule has 0 aromatic heterocycles. The van der Waals surface area contributed by atoms with Gasteiger partial charge < -0.3 is 18.9 Å². The van der Waals surface area contributed by atoms with Gasteiger partial charge in [-0.1, -0.05) is 58.3 Å². The Hall–Kier alpha value is -3.50. The van der Waals surface area contributed by atoms with E-state index >= 15 is 0 Å². The Bertz CT molecular complexity index is 968. The van der Waals surface area contributed by atoms with Crippen molar-refractivity contribution in [3.05, 3.63) is 60.7 Å². The fourth-order valence-electron chi connectivity index (χ4n) is 3.81. The molecule has 10 heteroatoms. The van der Waals surface area contributed by atoms with Crippen LogP contribution in [0.3, 0.4) is 0 Å². The lowest BCUT2D eigenvalue weighted by Gasteiger charge is -2.15. The zero-order valence-electron chi connectivity index (χ0n) is 23.8. The third-order valence-corrected chi connectivity index (χ3v) is 6.05. The smallest absolute Gasteiger partial charge is 0.377 e. The van der Waals surface area contributed by atoms with Crippen LogP contribution in [0.1, 0.15) is 84.9 Å². The van der Waals surface area contributed by atoms with Crippen LogP contribution < -0.4 is 18.9 Å². The first kappa shape index (κ1) is 32.7. The largest absolute Gasteiger partial charge is 0.497 e. The number of carbonyl (C=O) groups excluding carboxylic acids is 2. The lowest BCUT2D eigenvalue weighted by molar-refractivity contribution is -0.364. The molecule has 0 atom stereocenters. The molecule has 10 nitrogen and oxygen atoms in total. The Kier molecular flexibility index (Phi) is 15.3. The number of ether oxygens (including phenoxy) is 4. The lowest BCUT2D eigenvalue weighted by atomic mass is 10.1. The molecule has 0 amide bonds. The highest BCUT2D eigenvalue weighted by atomic mass is 17.3. The van der Waals surface area contributed by atoms with Crippen molar-refractivity contribution < 1.29 is 48.1 Å². The number of carbonyl (C=O) groups is 2. The third-order valence-electron chi connectivity index (χ3n) is 6.05. The Balaban J connectivity index is 2.00. The number of methoxy groups -OCH3 is 4. The Morgan fingerprint density at radius 3 is 1.40 bits per heavy atom. The SMILES string of the molecule is [CH2]CCCCCCCCCC[C](OOC(=O)c1cc(OC)ccc1OC)OOC(=O)c1cc(OC)ccc1OC. The zero-order chi connectivity index (χ0) is 29.2. The second-order valence-electron chi connectivity index (χ2n) is 8.84. The van der Waals surface area contributed by atoms with Gasteiger partial charge in [0.15, 0.2) is 0 Å². The van der Waals surface area contributed by atoms with Crippen LogP contribution in [0, 0.1) is 13.2 Å². The maximum Gasteiger partial charge on any atom is 0.377 e. The summed E-state index contributed by atoms with van der Waals surface area (Å²) in [5, 5.41) is 0. The number of rotatable bonds is 20. The molecular weight excluding hydrogens is 520 g/mol. The van der Waals surface area contributed by atoms with Gasteiger partial charge in [0, 0.05) is 6.42 Å². The van der Waals surface area contributed by atoms with E-state index in [1.807, 2.05) is 0 Å². The minimum Gasteiger partial charge on any atom is -0.497 e. The van der Waals surface area contributed by atoms with E-state index in [0.29, 0.717) is 17.9 Å². The summed E-state index contributed by atoms with van der Waals surface area (Å²) in [4.78, 5) is 45.9. The second-order valence-corrected chi connectivity index (χ2v) is 8.84. The lowest BCUT2D eigenvalue weighted by Crippen LogP contribution is -2.17. The van der Waals surface area contributed by atoms with Gasteiger partial charge >= 0.3 is 18.2 Å². The van der Waals surface area contributed by atoms with Crippen LogP contribution >= 0.6 is 0 Å². The second kappa shape index (κ2) is 18.7. The van der Waals surface area contributed by atoms with Gasteiger partial charge in [0.2, 0.25) is 0 Å². The average molecular weight is 561 g/mol. The molecule has 0 aliphatic carbocycles. The number of hydrogen-bond donors (Lipinski definition) is 0. The van der Waals surface area contributed by atoms with E-state index in [1.54, 1.807) is 24.3 Å². The van der Waals surface area contributed by atoms with Gasteiger partial charge in [-0.05, 0) is 42.8 Å². The van der Waals surface area contributed by atoms with Gasteiger partial charge in [0.05, 0.1) is 28.4 Å². The van der Waals surface area contributed by atoms with Crippen molar-refractivity contribution in [3.8, 4) is 23.0 Å². The molecule has 220 valence electrons. The summed E-state index contributed by atoms with van der Waals surface area (Å²) in [6.45, 7) is 3.87. The minimum absolute atomic E-state index is 0.0816. The van der Waals surface area contributed by atoms with Crippen molar-refractivity contribution >= 4 is 11.9 Å². The van der Waals surface area contributed by atoms with Gasteiger partial charge in [-0.3, -0.25) is 9.78 Å². The predicted octanol–water partition coefficient (Wildman–Crippen LogP) is 6.82. The van der Waals surface area contributed by atoms with E-state index in [4.69, 9.17) is 38.5 Å². The average Bonchev–Trinajstić information content (AvgIpc) is 2.99. The van der Waals surface area contributed by atoms with Crippen molar-refractivity contribution in [1.82, 2.24) is 0 Å². The van der Waals surface area contributed by atoms with E-state index in [1.165, 1.54) is 59.8 Å². The van der Waals surface area contributed by atoms with Crippen LogP contribution in [-0.4, -0.2) is 40.4 Å². The van der Waals surface area contributed by atoms with Crippen LogP contribution in [0.2, 0.25) is 0 Å². The maximum absolute atomic E-state index is 12.7. The van der Waals surface area contributed by atoms with Gasteiger partial charge in [-0.15, -0.1) is 9.78 Å². The monoisotopic (exact) mass is 560 g/mol. The molecular formula is C30H40O10. The summed E-state index contributed by atoms with van der Waals surface area (Å²) < 4.78 is 20.8. The van der Waals surface area contributed by atoms with Crippen LogP contribution in [0.15, 0.2) is 36.4 Å². The van der Waals surface area contributed by atoms with Gasteiger partial charge in [0.25, 0.3) is 0 Å². The molecule has 0 saturated heterocycles. The molecule has 2 rings (SSSR count). The fourth-order valence-corrected chi connectivity index (χ4v) is 3.81. The topological polar surface area (TPSA) is 108 Å². The highest BCUT2D eigenvalue weighted by molar-refractivity contribution is 5.93. The van der Waals surface area contributed by atoms with Crippen LogP contribution in [0.5, 0.6) is 23.0 Å². The Morgan fingerprint density at radius 1 is 0.575 bits per heavy atom. The van der Waals surface area contributed by atoms with E-state index < -0.39 is 11.9 Å². The van der Waals surface area contributed by atoms with E-state index in [0.717, 1.165) is 32.1 Å². The molecule has 0 aliphatic rings. The molecule has 0 aliphatic heterocycles. The van der Waals surface area contributed by atoms with Crippen molar-refractivity contribution in [1.29, 1.82) is 0 Å². The van der Waals surface area contributed by atoms with E-state index in [9.17, 15) is 9.59 Å². The Labute approximate surface area is 236 Å². The molecule has 0 fully saturated rings. The third kappa shape index (κ3) is 10.9. The molecule has 0 unspecified atom stereocenters. The number of hydrogen-bond acceptors (Lipinski definition) is 10. The quantitative estimate of drug-likeness (QED) is 0.0972.